The Labute approximate surface area is 101 Å². The number of benzene rings is 1. The van der Waals surface area contributed by atoms with Gasteiger partial charge in [0, 0.05) is 8.45 Å². The van der Waals surface area contributed by atoms with Crippen LogP contribution >= 0.6 is 33.9 Å². The summed E-state index contributed by atoms with van der Waals surface area (Å²) in [5.74, 6) is 0. The van der Waals surface area contributed by atoms with Gasteiger partial charge in [0.25, 0.3) is 0 Å². The minimum absolute atomic E-state index is 0.0168. The van der Waals surface area contributed by atoms with Gasteiger partial charge in [-0.2, -0.15) is 0 Å². The van der Waals surface area contributed by atoms with Crippen molar-refractivity contribution in [2.45, 2.75) is 6.04 Å². The van der Waals surface area contributed by atoms with Crippen LogP contribution in [0.5, 0.6) is 0 Å². The maximum atomic E-state index is 6.17. The minimum Gasteiger partial charge on any atom is -0.320 e. The first-order chi connectivity index (χ1) is 6.79. The maximum absolute atomic E-state index is 6.17. The fourth-order valence-corrected chi connectivity index (χ4v) is 3.29. The number of hydrogen-bond acceptors (Lipinski definition) is 2. The molecule has 1 atom stereocenters. The molecule has 1 nitrogen and oxygen atoms in total. The molecule has 0 aliphatic rings. The third-order valence-electron chi connectivity index (χ3n) is 2.09. The average Bonchev–Trinajstić information content (AvgIpc) is 2.65. The summed E-state index contributed by atoms with van der Waals surface area (Å²) in [6.07, 6.45) is 0. The molecule has 2 aromatic rings. The van der Waals surface area contributed by atoms with Crippen molar-refractivity contribution < 1.29 is 0 Å². The van der Waals surface area contributed by atoms with Crippen molar-refractivity contribution in [3.05, 3.63) is 55.8 Å². The molecule has 0 amide bonds. The second-order valence-corrected chi connectivity index (χ2v) is 5.13. The molecule has 0 saturated heterocycles. The summed E-state index contributed by atoms with van der Waals surface area (Å²) in [4.78, 5) is 1.25. The summed E-state index contributed by atoms with van der Waals surface area (Å²) in [7, 11) is 0. The Hall–Kier alpha value is -0.390. The molecule has 72 valence electrons. The van der Waals surface area contributed by atoms with Gasteiger partial charge in [0.15, 0.2) is 0 Å². The van der Waals surface area contributed by atoms with Gasteiger partial charge >= 0.3 is 0 Å². The fraction of sp³-hybridized carbons (Fsp3) is 0.0909. The summed E-state index contributed by atoms with van der Waals surface area (Å²) < 4.78 is 1.25. The van der Waals surface area contributed by atoms with Crippen molar-refractivity contribution in [3.8, 4) is 0 Å². The topological polar surface area (TPSA) is 26.0 Å². The van der Waals surface area contributed by atoms with Crippen LogP contribution in [-0.4, -0.2) is 0 Å². The fourth-order valence-electron chi connectivity index (χ4n) is 1.34. The Balaban J connectivity index is 2.34. The van der Waals surface area contributed by atoms with E-state index in [1.165, 1.54) is 14.0 Å². The van der Waals surface area contributed by atoms with E-state index in [0.717, 1.165) is 0 Å². The van der Waals surface area contributed by atoms with E-state index in [0.29, 0.717) is 0 Å². The zero-order valence-electron chi connectivity index (χ0n) is 7.48. The molecule has 0 spiro atoms. The zero-order chi connectivity index (χ0) is 9.97. The first kappa shape index (κ1) is 10.1. The molecule has 1 heterocycles. The van der Waals surface area contributed by atoms with Crippen LogP contribution < -0.4 is 5.73 Å². The lowest BCUT2D eigenvalue weighted by Gasteiger charge is -2.10. The number of hydrogen-bond donors (Lipinski definition) is 1. The maximum Gasteiger partial charge on any atom is 0.0656 e. The summed E-state index contributed by atoms with van der Waals surface area (Å²) in [5.41, 5.74) is 7.34. The molecule has 2 rings (SSSR count). The highest BCUT2D eigenvalue weighted by atomic mass is 127. The molecule has 0 saturated carbocycles. The highest BCUT2D eigenvalue weighted by Gasteiger charge is 2.12. The van der Waals surface area contributed by atoms with Gasteiger partial charge < -0.3 is 5.73 Å². The highest BCUT2D eigenvalue weighted by Crippen LogP contribution is 2.28. The molecule has 1 unspecified atom stereocenters. The van der Waals surface area contributed by atoms with Crippen LogP contribution in [-0.2, 0) is 0 Å². The first-order valence-corrected chi connectivity index (χ1v) is 6.28. The van der Waals surface area contributed by atoms with E-state index in [2.05, 4.69) is 46.2 Å². The molecule has 0 bridgehead atoms. The van der Waals surface area contributed by atoms with E-state index >= 15 is 0 Å². The number of rotatable bonds is 2. The second-order valence-electron chi connectivity index (χ2n) is 3.02. The van der Waals surface area contributed by atoms with Crippen LogP contribution in [0.25, 0.3) is 0 Å². The van der Waals surface area contributed by atoms with Crippen molar-refractivity contribution >= 4 is 33.9 Å². The second kappa shape index (κ2) is 4.42. The summed E-state index contributed by atoms with van der Waals surface area (Å²) in [6.45, 7) is 0. The monoisotopic (exact) mass is 315 g/mol. The van der Waals surface area contributed by atoms with Crippen LogP contribution in [0.2, 0.25) is 0 Å². The predicted molar refractivity (Wildman–Crippen MR) is 69.5 cm³/mol. The molecule has 0 aliphatic heterocycles. The predicted octanol–water partition coefficient (Wildman–Crippen LogP) is 3.40. The first-order valence-electron chi connectivity index (χ1n) is 4.32. The normalized spacial score (nSPS) is 12.7. The van der Waals surface area contributed by atoms with Crippen LogP contribution in [0.3, 0.4) is 0 Å². The Morgan fingerprint density at radius 3 is 2.43 bits per heavy atom. The zero-order valence-corrected chi connectivity index (χ0v) is 10.5. The largest absolute Gasteiger partial charge is 0.320 e. The van der Waals surface area contributed by atoms with E-state index in [1.54, 1.807) is 11.3 Å². The van der Waals surface area contributed by atoms with Crippen LogP contribution in [0.1, 0.15) is 16.5 Å². The number of halogens is 1. The van der Waals surface area contributed by atoms with Crippen LogP contribution in [0, 0.1) is 3.57 Å². The molecule has 0 fully saturated rings. The van der Waals surface area contributed by atoms with Gasteiger partial charge in [-0.05, 0) is 39.6 Å². The van der Waals surface area contributed by atoms with E-state index in [9.17, 15) is 0 Å². The van der Waals surface area contributed by atoms with E-state index in [4.69, 9.17) is 5.73 Å². The molecule has 14 heavy (non-hydrogen) atoms. The van der Waals surface area contributed by atoms with Gasteiger partial charge in [0.2, 0.25) is 0 Å². The summed E-state index contributed by atoms with van der Waals surface area (Å²) in [6, 6.07) is 12.3. The van der Waals surface area contributed by atoms with Crippen molar-refractivity contribution in [1.29, 1.82) is 0 Å². The van der Waals surface area contributed by atoms with Gasteiger partial charge in [-0.3, -0.25) is 0 Å². The Morgan fingerprint density at radius 1 is 1.14 bits per heavy atom. The Bertz CT molecular complexity index is 410. The minimum atomic E-state index is 0.0168. The smallest absolute Gasteiger partial charge is 0.0656 e. The SMILES string of the molecule is NC(c1ccccc1)c1sccc1I. The van der Waals surface area contributed by atoms with Crippen molar-refractivity contribution in [2.24, 2.45) is 5.73 Å². The molecular weight excluding hydrogens is 305 g/mol. The van der Waals surface area contributed by atoms with E-state index in [1.807, 2.05) is 18.2 Å². The van der Waals surface area contributed by atoms with E-state index < -0.39 is 0 Å². The third-order valence-corrected chi connectivity index (χ3v) is 4.39. The van der Waals surface area contributed by atoms with Crippen molar-refractivity contribution in [1.82, 2.24) is 0 Å². The Kier molecular flexibility index (Phi) is 3.20. The molecule has 1 aromatic heterocycles. The van der Waals surface area contributed by atoms with Gasteiger partial charge in [0.1, 0.15) is 0 Å². The van der Waals surface area contributed by atoms with Gasteiger partial charge in [-0.1, -0.05) is 30.3 Å². The summed E-state index contributed by atoms with van der Waals surface area (Å²) in [5, 5.41) is 2.08. The highest BCUT2D eigenvalue weighted by molar-refractivity contribution is 14.1. The lowest BCUT2D eigenvalue weighted by atomic mass is 10.1. The quantitative estimate of drug-likeness (QED) is 0.845. The lowest BCUT2D eigenvalue weighted by molar-refractivity contribution is 0.888. The van der Waals surface area contributed by atoms with Crippen molar-refractivity contribution in [3.63, 3.8) is 0 Å². The standard InChI is InChI=1S/C11H10INS/c12-9-6-7-14-11(9)10(13)8-4-2-1-3-5-8/h1-7,10H,13H2. The lowest BCUT2D eigenvalue weighted by Crippen LogP contribution is -2.10. The van der Waals surface area contributed by atoms with Gasteiger partial charge in [0.05, 0.1) is 6.04 Å². The molecule has 2 N–H and O–H groups in total. The average molecular weight is 315 g/mol. The molecule has 1 aromatic carbocycles. The molecule has 0 aliphatic carbocycles. The van der Waals surface area contributed by atoms with Crippen LogP contribution in [0.4, 0.5) is 0 Å². The third kappa shape index (κ3) is 1.99. The van der Waals surface area contributed by atoms with Crippen molar-refractivity contribution in [2.75, 3.05) is 0 Å². The van der Waals surface area contributed by atoms with Gasteiger partial charge in [-0.25, -0.2) is 0 Å². The molecule has 0 radical (unpaired) electrons. The Morgan fingerprint density at radius 2 is 1.86 bits per heavy atom. The van der Waals surface area contributed by atoms with Crippen LogP contribution in [0.15, 0.2) is 41.8 Å². The molecular formula is C11H10INS. The van der Waals surface area contributed by atoms with E-state index in [-0.39, 0.29) is 6.04 Å². The molecule has 3 heteroatoms. The van der Waals surface area contributed by atoms with Gasteiger partial charge in [-0.15, -0.1) is 11.3 Å². The number of thiophene rings is 1. The summed E-state index contributed by atoms with van der Waals surface area (Å²) >= 11 is 4.05. The number of nitrogens with two attached hydrogens (primary N) is 1.